The Hall–Kier alpha value is -2.57. The molecule has 2 N–H and O–H groups in total. The molecule has 7 nitrogen and oxygen atoms in total. The van der Waals surface area contributed by atoms with E-state index in [1.165, 1.54) is 4.90 Å². The van der Waals surface area contributed by atoms with E-state index in [-0.39, 0.29) is 23.8 Å². The van der Waals surface area contributed by atoms with Crippen LogP contribution in [-0.4, -0.2) is 47.5 Å². The average Bonchev–Trinajstić information content (AvgIpc) is 2.66. The molecule has 0 spiro atoms. The first-order valence-corrected chi connectivity index (χ1v) is 11.5. The van der Waals surface area contributed by atoms with E-state index >= 15 is 0 Å². The number of hydrogen-bond acceptors (Lipinski definition) is 4. The fourth-order valence-corrected chi connectivity index (χ4v) is 3.53. The minimum absolute atomic E-state index is 0.00596. The van der Waals surface area contributed by atoms with Crippen molar-refractivity contribution in [1.82, 2.24) is 15.5 Å². The minimum atomic E-state index is -0.807. The molecule has 0 saturated carbocycles. The molecule has 32 heavy (non-hydrogen) atoms. The third kappa shape index (κ3) is 9.28. The predicted molar refractivity (Wildman–Crippen MR) is 127 cm³/mol. The Bertz CT molecular complexity index is 743. The lowest BCUT2D eigenvalue weighted by Crippen LogP contribution is -2.52. The van der Waals surface area contributed by atoms with E-state index in [1.807, 2.05) is 51.1 Å². The number of nitrogens with zero attached hydrogens (tertiary/aromatic N) is 1. The molecule has 3 unspecified atom stereocenters. The van der Waals surface area contributed by atoms with Crippen molar-refractivity contribution in [2.24, 2.45) is 5.92 Å². The van der Waals surface area contributed by atoms with Gasteiger partial charge in [0.1, 0.15) is 17.7 Å². The number of nitrogens with one attached hydrogen (secondary N) is 2. The van der Waals surface area contributed by atoms with Gasteiger partial charge in [0, 0.05) is 13.1 Å². The van der Waals surface area contributed by atoms with E-state index in [0.717, 1.165) is 12.8 Å². The van der Waals surface area contributed by atoms with Crippen molar-refractivity contribution < 1.29 is 19.1 Å². The molecule has 0 aromatic heterocycles. The summed E-state index contributed by atoms with van der Waals surface area (Å²) in [5.74, 6) is -0.425. The van der Waals surface area contributed by atoms with Gasteiger partial charge in [0.2, 0.25) is 11.8 Å². The van der Waals surface area contributed by atoms with Gasteiger partial charge in [0.05, 0.1) is 0 Å². The molecule has 0 fully saturated rings. The van der Waals surface area contributed by atoms with Crippen molar-refractivity contribution in [3.63, 3.8) is 0 Å². The van der Waals surface area contributed by atoms with Crippen molar-refractivity contribution in [3.05, 3.63) is 35.9 Å². The van der Waals surface area contributed by atoms with Gasteiger partial charge < -0.3 is 20.3 Å². The standard InChI is InChI=1S/C25H41N3O4/c1-9-13-18(4)26-22(29)21(19-14-11-10-12-15-19)28(8)23(30)20(16-17(2)3)27-24(31)32-25(5,6)7/h10-12,14-15,17-18,20-21H,9,13,16H2,1-8H3,(H,26,29)(H,27,31). The summed E-state index contributed by atoms with van der Waals surface area (Å²) in [5.41, 5.74) is 0.0358. The number of amides is 3. The van der Waals surface area contributed by atoms with E-state index in [2.05, 4.69) is 17.6 Å². The molecule has 0 aliphatic rings. The normalized spacial score (nSPS) is 14.3. The lowest BCUT2D eigenvalue weighted by molar-refractivity contribution is -0.141. The van der Waals surface area contributed by atoms with Gasteiger partial charge in [-0.25, -0.2) is 4.79 Å². The molecular weight excluding hydrogens is 406 g/mol. The smallest absolute Gasteiger partial charge is 0.408 e. The SMILES string of the molecule is CCCC(C)NC(=O)C(c1ccccc1)N(C)C(=O)C(CC(C)C)NC(=O)OC(C)(C)C. The van der Waals surface area contributed by atoms with Gasteiger partial charge in [-0.3, -0.25) is 9.59 Å². The van der Waals surface area contributed by atoms with Crippen LogP contribution in [0.15, 0.2) is 30.3 Å². The second kappa shape index (κ2) is 12.5. The zero-order valence-electron chi connectivity index (χ0n) is 20.9. The van der Waals surface area contributed by atoms with Crippen LogP contribution in [-0.2, 0) is 14.3 Å². The summed E-state index contributed by atoms with van der Waals surface area (Å²) >= 11 is 0. The number of alkyl carbamates (subject to hydrolysis) is 1. The number of likely N-dealkylation sites (N-methyl/N-ethyl adjacent to an activating group) is 1. The highest BCUT2D eigenvalue weighted by Crippen LogP contribution is 2.22. The molecule has 3 atom stereocenters. The quantitative estimate of drug-likeness (QED) is 0.555. The molecule has 3 amide bonds. The maximum atomic E-state index is 13.5. The first-order chi connectivity index (χ1) is 14.9. The number of carbonyl (C=O) groups excluding carboxylic acids is 3. The van der Waals surface area contributed by atoms with E-state index < -0.39 is 23.8 Å². The van der Waals surface area contributed by atoms with Gasteiger partial charge in [0.15, 0.2) is 0 Å². The van der Waals surface area contributed by atoms with Gasteiger partial charge >= 0.3 is 6.09 Å². The van der Waals surface area contributed by atoms with Crippen molar-refractivity contribution in [2.75, 3.05) is 7.05 Å². The van der Waals surface area contributed by atoms with E-state index in [1.54, 1.807) is 27.8 Å². The number of ether oxygens (including phenoxy) is 1. The van der Waals surface area contributed by atoms with Crippen LogP contribution in [0, 0.1) is 5.92 Å². The van der Waals surface area contributed by atoms with Crippen molar-refractivity contribution >= 4 is 17.9 Å². The van der Waals surface area contributed by atoms with Crippen molar-refractivity contribution in [3.8, 4) is 0 Å². The largest absolute Gasteiger partial charge is 0.444 e. The molecule has 0 radical (unpaired) electrons. The number of hydrogen-bond donors (Lipinski definition) is 2. The van der Waals surface area contributed by atoms with Gasteiger partial charge in [-0.2, -0.15) is 0 Å². The molecule has 7 heteroatoms. The third-order valence-electron chi connectivity index (χ3n) is 4.91. The average molecular weight is 448 g/mol. The number of benzene rings is 1. The highest BCUT2D eigenvalue weighted by Gasteiger charge is 2.34. The van der Waals surface area contributed by atoms with Crippen LogP contribution in [0.5, 0.6) is 0 Å². The summed E-state index contributed by atoms with van der Waals surface area (Å²) in [7, 11) is 1.61. The molecule has 0 saturated heterocycles. The number of carbonyl (C=O) groups is 3. The van der Waals surface area contributed by atoms with Crippen LogP contribution in [0.4, 0.5) is 4.79 Å². The number of rotatable bonds is 10. The van der Waals surface area contributed by atoms with Crippen LogP contribution in [0.3, 0.4) is 0 Å². The highest BCUT2D eigenvalue weighted by molar-refractivity contribution is 5.92. The summed E-state index contributed by atoms with van der Waals surface area (Å²) < 4.78 is 5.35. The minimum Gasteiger partial charge on any atom is -0.444 e. The van der Waals surface area contributed by atoms with E-state index in [0.29, 0.717) is 12.0 Å². The van der Waals surface area contributed by atoms with Gasteiger partial charge in [0.25, 0.3) is 0 Å². The second-order valence-corrected chi connectivity index (χ2v) is 9.79. The first kappa shape index (κ1) is 27.5. The van der Waals surface area contributed by atoms with Crippen LogP contribution in [0.1, 0.15) is 79.3 Å². The Labute approximate surface area is 193 Å². The molecule has 1 aromatic rings. The van der Waals surface area contributed by atoms with Gasteiger partial charge in [-0.1, -0.05) is 57.5 Å². The van der Waals surface area contributed by atoms with Gasteiger partial charge in [-0.05, 0) is 52.0 Å². The Kier molecular flexibility index (Phi) is 10.7. The van der Waals surface area contributed by atoms with Crippen LogP contribution < -0.4 is 10.6 Å². The molecule has 0 aliphatic carbocycles. The van der Waals surface area contributed by atoms with Crippen LogP contribution >= 0.6 is 0 Å². The fourth-order valence-electron chi connectivity index (χ4n) is 3.53. The Balaban J connectivity index is 3.17. The molecule has 1 rings (SSSR count). The molecule has 1 aromatic carbocycles. The van der Waals surface area contributed by atoms with E-state index in [4.69, 9.17) is 4.74 Å². The summed E-state index contributed by atoms with van der Waals surface area (Å²) in [6, 6.07) is 7.59. The second-order valence-electron chi connectivity index (χ2n) is 9.79. The Morgan fingerprint density at radius 3 is 2.12 bits per heavy atom. The molecule has 0 bridgehead atoms. The maximum Gasteiger partial charge on any atom is 0.408 e. The summed E-state index contributed by atoms with van der Waals surface area (Å²) in [6.07, 6.45) is 1.57. The van der Waals surface area contributed by atoms with Crippen LogP contribution in [0.2, 0.25) is 0 Å². The summed E-state index contributed by atoms with van der Waals surface area (Å²) in [6.45, 7) is 13.3. The fraction of sp³-hybridized carbons (Fsp3) is 0.640. The molecule has 180 valence electrons. The topological polar surface area (TPSA) is 87.7 Å². The zero-order chi connectivity index (χ0) is 24.5. The lowest BCUT2D eigenvalue weighted by atomic mass is 9.99. The maximum absolute atomic E-state index is 13.5. The first-order valence-electron chi connectivity index (χ1n) is 11.5. The molecular formula is C25H41N3O4. The monoisotopic (exact) mass is 447 g/mol. The lowest BCUT2D eigenvalue weighted by Gasteiger charge is -2.32. The molecule has 0 heterocycles. The highest BCUT2D eigenvalue weighted by atomic mass is 16.6. The third-order valence-corrected chi connectivity index (χ3v) is 4.91. The van der Waals surface area contributed by atoms with Gasteiger partial charge in [-0.15, -0.1) is 0 Å². The van der Waals surface area contributed by atoms with Crippen molar-refractivity contribution in [2.45, 2.75) is 91.5 Å². The van der Waals surface area contributed by atoms with Crippen LogP contribution in [0.25, 0.3) is 0 Å². The van der Waals surface area contributed by atoms with E-state index in [9.17, 15) is 14.4 Å². The van der Waals surface area contributed by atoms with Crippen molar-refractivity contribution in [1.29, 1.82) is 0 Å². The zero-order valence-corrected chi connectivity index (χ0v) is 20.9. The molecule has 0 aliphatic heterocycles. The Morgan fingerprint density at radius 2 is 1.62 bits per heavy atom. The Morgan fingerprint density at radius 1 is 1.03 bits per heavy atom. The predicted octanol–water partition coefficient (Wildman–Crippen LogP) is 4.43. The summed E-state index contributed by atoms with van der Waals surface area (Å²) in [5, 5.41) is 5.73. The summed E-state index contributed by atoms with van der Waals surface area (Å²) in [4.78, 5) is 40.5.